The first kappa shape index (κ1) is 14.5. The van der Waals surface area contributed by atoms with Crippen LogP contribution in [0, 0.1) is 22.7 Å². The number of nitrogen functional groups attached to an aromatic ring is 1. The Balaban J connectivity index is 3.12. The lowest BCUT2D eigenvalue weighted by Gasteiger charge is -2.15. The Morgan fingerprint density at radius 1 is 1.26 bits per heavy atom. The summed E-state index contributed by atoms with van der Waals surface area (Å²) in [7, 11) is 0. The topological polar surface area (TPSA) is 103 Å². The highest BCUT2D eigenvalue weighted by Gasteiger charge is 2.11. The highest BCUT2D eigenvalue weighted by molar-refractivity contribution is 5.90. The van der Waals surface area contributed by atoms with E-state index >= 15 is 0 Å². The second-order valence-electron chi connectivity index (χ2n) is 4.16. The van der Waals surface area contributed by atoms with Crippen LogP contribution >= 0.6 is 0 Å². The number of aryl methyl sites for hydroxylation is 1. The van der Waals surface area contributed by atoms with E-state index in [-0.39, 0.29) is 5.91 Å². The molecule has 0 unspecified atom stereocenters. The van der Waals surface area contributed by atoms with Gasteiger partial charge in [-0.05, 0) is 30.0 Å². The third-order valence-corrected chi connectivity index (χ3v) is 2.75. The van der Waals surface area contributed by atoms with Gasteiger partial charge in [0.15, 0.2) is 0 Å². The fourth-order valence-electron chi connectivity index (χ4n) is 1.88. The first-order chi connectivity index (χ1) is 9.10. The van der Waals surface area contributed by atoms with E-state index < -0.39 is 0 Å². The van der Waals surface area contributed by atoms with Crippen LogP contribution in [0.5, 0.6) is 0 Å². The van der Waals surface area contributed by atoms with Crippen LogP contribution in [-0.4, -0.2) is 5.91 Å². The Morgan fingerprint density at radius 3 is 2.47 bits per heavy atom. The molecule has 0 saturated carbocycles. The number of benzene rings is 1. The van der Waals surface area contributed by atoms with Crippen molar-refractivity contribution in [1.29, 1.82) is 10.5 Å². The van der Waals surface area contributed by atoms with Gasteiger partial charge in [0.1, 0.15) is 0 Å². The van der Waals surface area contributed by atoms with Crippen molar-refractivity contribution in [1.82, 2.24) is 0 Å². The first-order valence-corrected chi connectivity index (χ1v) is 6.01. The summed E-state index contributed by atoms with van der Waals surface area (Å²) >= 11 is 0. The van der Waals surface area contributed by atoms with Crippen molar-refractivity contribution in [2.75, 3.05) is 11.1 Å². The molecule has 1 amide bonds. The number of nitrogens with zero attached hydrogens (tertiary/aromatic N) is 2. The number of nitrogens with one attached hydrogen (secondary N) is 1. The minimum absolute atomic E-state index is 0.178. The summed E-state index contributed by atoms with van der Waals surface area (Å²) in [5.74, 6) is -0.178. The molecular weight excluding hydrogens is 240 g/mol. The molecule has 0 aliphatic rings. The van der Waals surface area contributed by atoms with E-state index in [1.807, 2.05) is 6.07 Å². The minimum atomic E-state index is -0.178. The van der Waals surface area contributed by atoms with E-state index in [4.69, 9.17) is 16.3 Å². The van der Waals surface area contributed by atoms with E-state index in [0.717, 1.165) is 11.1 Å². The molecule has 0 atom stereocenters. The van der Waals surface area contributed by atoms with Gasteiger partial charge in [-0.15, -0.1) is 0 Å². The lowest BCUT2D eigenvalue weighted by Crippen LogP contribution is -2.11. The molecular formula is C14H16N4O. The van der Waals surface area contributed by atoms with Gasteiger partial charge in [-0.3, -0.25) is 4.79 Å². The van der Waals surface area contributed by atoms with Gasteiger partial charge in [0.05, 0.1) is 12.1 Å². The van der Waals surface area contributed by atoms with Crippen molar-refractivity contribution in [3.8, 4) is 12.1 Å². The summed E-state index contributed by atoms with van der Waals surface area (Å²) in [6.07, 6.45) is 1.78. The molecule has 5 nitrogen and oxygen atoms in total. The van der Waals surface area contributed by atoms with E-state index in [1.54, 1.807) is 6.07 Å². The van der Waals surface area contributed by atoms with Gasteiger partial charge in [0, 0.05) is 31.1 Å². The van der Waals surface area contributed by atoms with Crippen LogP contribution in [0.25, 0.3) is 0 Å². The zero-order chi connectivity index (χ0) is 14.3. The predicted molar refractivity (Wildman–Crippen MR) is 73.0 cm³/mol. The van der Waals surface area contributed by atoms with Gasteiger partial charge in [-0.25, -0.2) is 0 Å². The standard InChI is InChI=1S/C14H16N4O/c1-10(19)18-13-7-6-11(4-2-8-15)14(17)12(13)5-3-9-16/h6-7H,2-5,17H2,1H3,(H,18,19). The fraction of sp³-hybridized carbons (Fsp3) is 0.357. The van der Waals surface area contributed by atoms with Crippen LogP contribution in [0.1, 0.15) is 30.9 Å². The van der Waals surface area contributed by atoms with Crippen molar-refractivity contribution in [2.45, 2.75) is 32.6 Å². The molecule has 3 N–H and O–H groups in total. The lowest BCUT2D eigenvalue weighted by molar-refractivity contribution is -0.114. The molecule has 1 rings (SSSR count). The largest absolute Gasteiger partial charge is 0.398 e. The number of hydrogen-bond acceptors (Lipinski definition) is 4. The Kier molecular flexibility index (Phi) is 5.37. The molecule has 0 heterocycles. The molecule has 5 heteroatoms. The average Bonchev–Trinajstić information content (AvgIpc) is 2.37. The molecule has 0 bridgehead atoms. The summed E-state index contributed by atoms with van der Waals surface area (Å²) < 4.78 is 0. The van der Waals surface area contributed by atoms with Crippen LogP contribution in [0.15, 0.2) is 12.1 Å². The van der Waals surface area contributed by atoms with Crippen molar-refractivity contribution >= 4 is 17.3 Å². The quantitative estimate of drug-likeness (QED) is 0.787. The van der Waals surface area contributed by atoms with Gasteiger partial charge >= 0.3 is 0 Å². The zero-order valence-corrected chi connectivity index (χ0v) is 10.9. The number of nitrogens with two attached hydrogens (primary N) is 1. The summed E-state index contributed by atoms with van der Waals surface area (Å²) in [5, 5.41) is 20.0. The number of carbonyl (C=O) groups is 1. The minimum Gasteiger partial charge on any atom is -0.398 e. The Labute approximate surface area is 112 Å². The van der Waals surface area contributed by atoms with Crippen LogP contribution in [0.2, 0.25) is 0 Å². The maximum absolute atomic E-state index is 11.1. The third-order valence-electron chi connectivity index (χ3n) is 2.75. The maximum atomic E-state index is 11.1. The number of anilines is 2. The van der Waals surface area contributed by atoms with Gasteiger partial charge in [0.25, 0.3) is 0 Å². The second-order valence-corrected chi connectivity index (χ2v) is 4.16. The van der Waals surface area contributed by atoms with Crippen LogP contribution in [-0.2, 0) is 17.6 Å². The van der Waals surface area contributed by atoms with E-state index in [9.17, 15) is 4.79 Å². The molecule has 98 valence electrons. The fourth-order valence-corrected chi connectivity index (χ4v) is 1.88. The van der Waals surface area contributed by atoms with E-state index in [1.165, 1.54) is 6.92 Å². The number of amides is 1. The molecule has 1 aromatic carbocycles. The maximum Gasteiger partial charge on any atom is 0.221 e. The van der Waals surface area contributed by atoms with Crippen LogP contribution < -0.4 is 11.1 Å². The molecule has 0 radical (unpaired) electrons. The number of rotatable bonds is 5. The zero-order valence-electron chi connectivity index (χ0n) is 10.9. The highest BCUT2D eigenvalue weighted by Crippen LogP contribution is 2.28. The molecule has 0 aliphatic heterocycles. The Bertz CT molecular complexity index is 552. The van der Waals surface area contributed by atoms with Crippen molar-refractivity contribution in [2.24, 2.45) is 0 Å². The Morgan fingerprint density at radius 2 is 1.89 bits per heavy atom. The second kappa shape index (κ2) is 7.03. The monoisotopic (exact) mass is 256 g/mol. The third kappa shape index (κ3) is 4.01. The average molecular weight is 256 g/mol. The smallest absolute Gasteiger partial charge is 0.221 e. The van der Waals surface area contributed by atoms with Crippen LogP contribution in [0.3, 0.4) is 0 Å². The van der Waals surface area contributed by atoms with Crippen molar-refractivity contribution in [3.63, 3.8) is 0 Å². The summed E-state index contributed by atoms with van der Waals surface area (Å²) in [5.41, 5.74) is 8.93. The van der Waals surface area contributed by atoms with Gasteiger partial charge in [-0.1, -0.05) is 6.07 Å². The van der Waals surface area contributed by atoms with Crippen LogP contribution in [0.4, 0.5) is 11.4 Å². The molecule has 0 aliphatic carbocycles. The number of nitriles is 2. The normalized spacial score (nSPS) is 9.42. The number of carbonyl (C=O) groups excluding carboxylic acids is 1. The lowest BCUT2D eigenvalue weighted by atomic mass is 9.98. The van der Waals surface area contributed by atoms with Gasteiger partial charge < -0.3 is 11.1 Å². The molecule has 0 saturated heterocycles. The summed E-state index contributed by atoms with van der Waals surface area (Å²) in [6, 6.07) is 7.73. The first-order valence-electron chi connectivity index (χ1n) is 6.01. The van der Waals surface area contributed by atoms with Crippen molar-refractivity contribution < 1.29 is 4.79 Å². The number of hydrogen-bond donors (Lipinski definition) is 2. The predicted octanol–water partition coefficient (Wildman–Crippen LogP) is 2.14. The van der Waals surface area contributed by atoms with Crippen molar-refractivity contribution in [3.05, 3.63) is 23.3 Å². The Hall–Kier alpha value is -2.53. The summed E-state index contributed by atoms with van der Waals surface area (Å²) in [4.78, 5) is 11.1. The molecule has 1 aromatic rings. The van der Waals surface area contributed by atoms with E-state index in [0.29, 0.717) is 37.1 Å². The SMILES string of the molecule is CC(=O)Nc1ccc(CCC#N)c(N)c1CCC#N. The molecule has 0 aromatic heterocycles. The molecule has 19 heavy (non-hydrogen) atoms. The van der Waals surface area contributed by atoms with Gasteiger partial charge in [-0.2, -0.15) is 10.5 Å². The van der Waals surface area contributed by atoms with E-state index in [2.05, 4.69) is 17.5 Å². The van der Waals surface area contributed by atoms with Gasteiger partial charge in [0.2, 0.25) is 5.91 Å². The molecule has 0 spiro atoms. The highest BCUT2D eigenvalue weighted by atomic mass is 16.1. The molecule has 0 fully saturated rings. The summed E-state index contributed by atoms with van der Waals surface area (Å²) in [6.45, 7) is 1.42.